The van der Waals surface area contributed by atoms with Gasteiger partial charge in [0.25, 0.3) is 0 Å². The molecule has 0 aliphatic rings. The molecule has 36 heavy (non-hydrogen) atoms. The number of benzene rings is 3. The van der Waals surface area contributed by atoms with Crippen LogP contribution in [0.15, 0.2) is 102 Å². The van der Waals surface area contributed by atoms with Crippen molar-refractivity contribution in [1.29, 1.82) is 0 Å². The average Bonchev–Trinajstić information content (AvgIpc) is 2.83. The standard InChI is InChI=1S/C22H28N2O.C7H8O3S/c1-19(2)22(25)23-15-10-16-24(3,17-20-11-6-4-7-12-20)18-21-13-8-5-9-14-21;1-6-2-4-7(5-3-6)11(8,9)10/h4-9,11-14H,1,10,15-18H2,2-3H3;2-5H,1H3,(H,8,9,10). The van der Waals surface area contributed by atoms with Crippen LogP contribution in [0, 0.1) is 6.92 Å². The summed E-state index contributed by atoms with van der Waals surface area (Å²) >= 11 is 0. The number of aryl methyl sites for hydroxylation is 1. The Hall–Kier alpha value is -3.26. The second-order valence-corrected chi connectivity index (χ2v) is 10.7. The van der Waals surface area contributed by atoms with Gasteiger partial charge in [0.2, 0.25) is 5.91 Å². The summed E-state index contributed by atoms with van der Waals surface area (Å²) < 4.78 is 32.1. The highest BCUT2D eigenvalue weighted by Crippen LogP contribution is 2.18. The average molecular weight is 509 g/mol. The fourth-order valence-electron chi connectivity index (χ4n) is 3.78. The number of hydrogen-bond acceptors (Lipinski definition) is 4. The Morgan fingerprint density at radius 1 is 0.889 bits per heavy atom. The quantitative estimate of drug-likeness (QED) is 0.184. The van der Waals surface area contributed by atoms with Crippen molar-refractivity contribution >= 4 is 16.0 Å². The van der Waals surface area contributed by atoms with E-state index in [1.165, 1.54) is 23.3 Å². The largest absolute Gasteiger partial charge is 0.744 e. The first-order valence-electron chi connectivity index (χ1n) is 11.9. The van der Waals surface area contributed by atoms with Crippen molar-refractivity contribution in [3.63, 3.8) is 0 Å². The molecule has 0 aliphatic carbocycles. The van der Waals surface area contributed by atoms with Crippen LogP contribution in [0.5, 0.6) is 0 Å². The van der Waals surface area contributed by atoms with Crippen molar-refractivity contribution in [3.05, 3.63) is 114 Å². The van der Waals surface area contributed by atoms with Crippen molar-refractivity contribution in [3.8, 4) is 0 Å². The first-order valence-corrected chi connectivity index (χ1v) is 13.3. The maximum atomic E-state index is 11.6. The summed E-state index contributed by atoms with van der Waals surface area (Å²) in [6.45, 7) is 10.9. The van der Waals surface area contributed by atoms with E-state index in [4.69, 9.17) is 0 Å². The first kappa shape index (κ1) is 29.0. The van der Waals surface area contributed by atoms with Crippen LogP contribution in [-0.2, 0) is 28.0 Å². The van der Waals surface area contributed by atoms with E-state index in [1.807, 2.05) is 6.92 Å². The first-order chi connectivity index (χ1) is 17.0. The highest BCUT2D eigenvalue weighted by molar-refractivity contribution is 7.85. The Bertz CT molecular complexity index is 1170. The number of amides is 1. The van der Waals surface area contributed by atoms with Crippen molar-refractivity contribution in [2.24, 2.45) is 0 Å². The van der Waals surface area contributed by atoms with Crippen LogP contribution < -0.4 is 5.32 Å². The molecule has 0 aliphatic heterocycles. The van der Waals surface area contributed by atoms with Crippen LogP contribution in [0.2, 0.25) is 0 Å². The predicted molar refractivity (Wildman–Crippen MR) is 143 cm³/mol. The summed E-state index contributed by atoms with van der Waals surface area (Å²) in [5.41, 5.74) is 4.17. The molecule has 0 heterocycles. The molecule has 1 amide bonds. The minimum Gasteiger partial charge on any atom is -0.744 e. The molecule has 3 aromatic carbocycles. The molecule has 1 N–H and O–H groups in total. The van der Waals surface area contributed by atoms with Crippen molar-refractivity contribution in [2.45, 2.75) is 38.3 Å². The molecule has 0 unspecified atom stereocenters. The number of rotatable bonds is 10. The molecular weight excluding hydrogens is 472 g/mol. The lowest BCUT2D eigenvalue weighted by molar-refractivity contribution is -0.935. The molecule has 6 nitrogen and oxygen atoms in total. The number of nitrogens with zero attached hydrogens (tertiary/aromatic N) is 1. The maximum Gasteiger partial charge on any atom is 0.246 e. The van der Waals surface area contributed by atoms with E-state index >= 15 is 0 Å². The maximum absolute atomic E-state index is 11.6. The Balaban J connectivity index is 0.000000346. The Kier molecular flexibility index (Phi) is 11.0. The molecule has 7 heteroatoms. The van der Waals surface area contributed by atoms with Crippen LogP contribution in [0.25, 0.3) is 0 Å². The normalized spacial score (nSPS) is 11.2. The van der Waals surface area contributed by atoms with Gasteiger partial charge >= 0.3 is 0 Å². The summed E-state index contributed by atoms with van der Waals surface area (Å²) in [7, 11) is -1.98. The molecule has 3 aromatic rings. The summed E-state index contributed by atoms with van der Waals surface area (Å²) in [6.07, 6.45) is 0.940. The van der Waals surface area contributed by atoms with Gasteiger partial charge < -0.3 is 14.4 Å². The summed E-state index contributed by atoms with van der Waals surface area (Å²) in [5, 5.41) is 2.93. The Labute approximate surface area is 215 Å². The SMILES string of the molecule is C=C(C)C(=O)NCCC[N+](C)(Cc1ccccc1)Cc1ccccc1.Cc1ccc(S(=O)(=O)[O-])cc1. The third-order valence-corrected chi connectivity index (χ3v) is 6.52. The summed E-state index contributed by atoms with van der Waals surface area (Å²) in [5.74, 6) is -0.0553. The lowest BCUT2D eigenvalue weighted by Gasteiger charge is -2.35. The fourth-order valence-corrected chi connectivity index (χ4v) is 4.25. The van der Waals surface area contributed by atoms with Gasteiger partial charge in [-0.3, -0.25) is 4.79 Å². The Morgan fingerprint density at radius 2 is 1.36 bits per heavy atom. The number of quaternary nitrogens is 1. The fraction of sp³-hybridized carbons (Fsp3) is 0.276. The van der Waals surface area contributed by atoms with E-state index in [0.29, 0.717) is 12.1 Å². The molecule has 0 bridgehead atoms. The van der Waals surface area contributed by atoms with Crippen molar-refractivity contribution in [1.82, 2.24) is 5.32 Å². The summed E-state index contributed by atoms with van der Waals surface area (Å²) in [6, 6.07) is 27.0. The molecule has 0 fully saturated rings. The second kappa shape index (κ2) is 13.7. The van der Waals surface area contributed by atoms with Crippen LogP contribution >= 0.6 is 0 Å². The lowest BCUT2D eigenvalue weighted by Crippen LogP contribution is -2.44. The number of nitrogens with one attached hydrogen (secondary N) is 1. The highest BCUT2D eigenvalue weighted by Gasteiger charge is 2.22. The van der Waals surface area contributed by atoms with Gasteiger partial charge in [0.15, 0.2) is 0 Å². The van der Waals surface area contributed by atoms with Crippen LogP contribution in [0.4, 0.5) is 0 Å². The van der Waals surface area contributed by atoms with Gasteiger partial charge in [0.05, 0.1) is 18.5 Å². The number of hydrogen-bond donors (Lipinski definition) is 1. The molecule has 0 saturated heterocycles. The van der Waals surface area contributed by atoms with Crippen LogP contribution in [0.3, 0.4) is 0 Å². The van der Waals surface area contributed by atoms with Gasteiger partial charge in [-0.25, -0.2) is 8.42 Å². The number of carbonyl (C=O) groups is 1. The van der Waals surface area contributed by atoms with Crippen molar-refractivity contribution < 1.29 is 22.2 Å². The molecule has 3 rings (SSSR count). The zero-order chi connectivity index (χ0) is 26.6. The van der Waals surface area contributed by atoms with Gasteiger partial charge in [-0.15, -0.1) is 0 Å². The van der Waals surface area contributed by atoms with Crippen molar-refractivity contribution in [2.75, 3.05) is 20.1 Å². The molecular formula is C29H36N2O4S. The van der Waals surface area contributed by atoms with Crippen LogP contribution in [-0.4, -0.2) is 43.5 Å². The van der Waals surface area contributed by atoms with Gasteiger partial charge in [-0.1, -0.05) is 84.9 Å². The second-order valence-electron chi connectivity index (χ2n) is 9.29. The molecule has 192 valence electrons. The molecule has 0 aromatic heterocycles. The zero-order valence-corrected chi connectivity index (χ0v) is 22.1. The molecule has 0 atom stereocenters. The monoisotopic (exact) mass is 508 g/mol. The predicted octanol–water partition coefficient (Wildman–Crippen LogP) is 4.81. The smallest absolute Gasteiger partial charge is 0.246 e. The van der Waals surface area contributed by atoms with E-state index in [-0.39, 0.29) is 10.8 Å². The zero-order valence-electron chi connectivity index (χ0n) is 21.3. The van der Waals surface area contributed by atoms with Gasteiger partial charge in [0, 0.05) is 29.7 Å². The molecule has 0 radical (unpaired) electrons. The topological polar surface area (TPSA) is 86.3 Å². The van der Waals surface area contributed by atoms with E-state index in [2.05, 4.69) is 79.6 Å². The number of carbonyl (C=O) groups excluding carboxylic acids is 1. The van der Waals surface area contributed by atoms with Gasteiger partial charge in [0.1, 0.15) is 23.2 Å². The molecule has 0 saturated carbocycles. The minimum atomic E-state index is -4.27. The summed E-state index contributed by atoms with van der Waals surface area (Å²) in [4.78, 5) is 11.5. The van der Waals surface area contributed by atoms with Gasteiger partial charge in [-0.05, 0) is 26.0 Å². The van der Waals surface area contributed by atoms with E-state index in [1.54, 1.807) is 19.1 Å². The lowest BCUT2D eigenvalue weighted by atomic mass is 10.1. The highest BCUT2D eigenvalue weighted by atomic mass is 32.2. The van der Waals surface area contributed by atoms with Gasteiger partial charge in [-0.2, -0.15) is 0 Å². The van der Waals surface area contributed by atoms with E-state index < -0.39 is 10.1 Å². The van der Waals surface area contributed by atoms with Crippen LogP contribution in [0.1, 0.15) is 30.0 Å². The third-order valence-electron chi connectivity index (χ3n) is 5.67. The minimum absolute atomic E-state index is 0.0553. The third kappa shape index (κ3) is 10.6. The Morgan fingerprint density at radius 3 is 1.78 bits per heavy atom. The van der Waals surface area contributed by atoms with E-state index in [0.717, 1.165) is 36.1 Å². The molecule has 0 spiro atoms. The van der Waals surface area contributed by atoms with E-state index in [9.17, 15) is 17.8 Å².